The van der Waals surface area contributed by atoms with E-state index in [1.807, 2.05) is 6.92 Å². The number of hydrogen-bond donors (Lipinski definition) is 1. The fourth-order valence-electron chi connectivity index (χ4n) is 2.44. The number of likely N-dealkylation sites (N-methyl/N-ethyl adjacent to an activating group) is 1. The highest BCUT2D eigenvalue weighted by atomic mass is 35.5. The summed E-state index contributed by atoms with van der Waals surface area (Å²) in [6.45, 7) is 7.35. The molecule has 7 heteroatoms. The Hall–Kier alpha value is -1.11. The Bertz CT molecular complexity index is 581. The molecule has 1 aliphatic heterocycles. The van der Waals surface area contributed by atoms with Gasteiger partial charge in [0.25, 0.3) is 5.56 Å². The van der Waals surface area contributed by atoms with Gasteiger partial charge in [-0.25, -0.2) is 4.79 Å². The minimum absolute atomic E-state index is 0.137. The van der Waals surface area contributed by atoms with Gasteiger partial charge in [-0.05, 0) is 13.0 Å². The molecule has 0 bridgehead atoms. The van der Waals surface area contributed by atoms with Gasteiger partial charge < -0.3 is 4.74 Å². The van der Waals surface area contributed by atoms with Crippen molar-refractivity contribution in [1.82, 2.24) is 14.5 Å². The van der Waals surface area contributed by atoms with Gasteiger partial charge in [0.2, 0.25) is 0 Å². The van der Waals surface area contributed by atoms with Crippen LogP contribution in [0.25, 0.3) is 0 Å². The van der Waals surface area contributed by atoms with Crippen LogP contribution in [0.2, 0.25) is 5.15 Å². The Morgan fingerprint density at radius 3 is 2.80 bits per heavy atom. The minimum Gasteiger partial charge on any atom is -0.374 e. The molecule has 0 spiro atoms. The van der Waals surface area contributed by atoms with Crippen molar-refractivity contribution < 1.29 is 4.74 Å². The van der Waals surface area contributed by atoms with Crippen molar-refractivity contribution in [3.05, 3.63) is 31.6 Å². The normalized spacial score (nSPS) is 20.2. The lowest BCUT2D eigenvalue weighted by Gasteiger charge is -2.32. The zero-order valence-electron chi connectivity index (χ0n) is 11.8. The van der Waals surface area contributed by atoms with Crippen molar-refractivity contribution in [1.29, 1.82) is 0 Å². The van der Waals surface area contributed by atoms with Gasteiger partial charge in [0.1, 0.15) is 5.15 Å². The zero-order chi connectivity index (χ0) is 14.7. The molecule has 0 amide bonds. The Labute approximate surface area is 122 Å². The van der Waals surface area contributed by atoms with Gasteiger partial charge in [-0.2, -0.15) is 0 Å². The van der Waals surface area contributed by atoms with E-state index in [0.29, 0.717) is 18.6 Å². The second-order valence-electron chi connectivity index (χ2n) is 4.88. The maximum Gasteiger partial charge on any atom is 0.329 e. The lowest BCUT2D eigenvalue weighted by Crippen LogP contribution is -2.48. The van der Waals surface area contributed by atoms with E-state index in [0.717, 1.165) is 19.6 Å². The molecule has 1 aromatic heterocycles. The fraction of sp³-hybridized carbons (Fsp3) is 0.692. The SMILES string of the molecule is CCc1c(Cl)[nH]c(=O)n(CC2CN(CC)CCO2)c1=O. The summed E-state index contributed by atoms with van der Waals surface area (Å²) in [4.78, 5) is 28.9. The molecule has 0 aliphatic carbocycles. The van der Waals surface area contributed by atoms with E-state index in [1.54, 1.807) is 0 Å². The minimum atomic E-state index is -0.477. The van der Waals surface area contributed by atoms with Crippen LogP contribution in [0.5, 0.6) is 0 Å². The molecular weight excluding hydrogens is 282 g/mol. The quantitative estimate of drug-likeness (QED) is 0.821. The third kappa shape index (κ3) is 3.13. The van der Waals surface area contributed by atoms with Crippen molar-refractivity contribution in [2.75, 3.05) is 26.2 Å². The third-order valence-corrected chi connectivity index (χ3v) is 3.96. The molecule has 1 aliphatic rings. The molecular formula is C13H20ClN3O3. The summed E-state index contributed by atoms with van der Waals surface area (Å²) in [5.74, 6) is 0. The van der Waals surface area contributed by atoms with E-state index in [9.17, 15) is 9.59 Å². The van der Waals surface area contributed by atoms with Crippen LogP contribution in [0.4, 0.5) is 0 Å². The van der Waals surface area contributed by atoms with Gasteiger partial charge in [-0.1, -0.05) is 25.4 Å². The molecule has 1 saturated heterocycles. The number of halogens is 1. The predicted molar refractivity (Wildman–Crippen MR) is 77.6 cm³/mol. The molecule has 1 aromatic rings. The van der Waals surface area contributed by atoms with Crippen molar-refractivity contribution in [2.24, 2.45) is 0 Å². The van der Waals surface area contributed by atoms with Crippen molar-refractivity contribution >= 4 is 11.6 Å². The molecule has 6 nitrogen and oxygen atoms in total. The number of rotatable bonds is 4. The highest BCUT2D eigenvalue weighted by molar-refractivity contribution is 6.30. The van der Waals surface area contributed by atoms with Crippen LogP contribution in [-0.2, 0) is 17.7 Å². The second-order valence-corrected chi connectivity index (χ2v) is 5.26. The average Bonchev–Trinajstić information content (AvgIpc) is 2.44. The van der Waals surface area contributed by atoms with Crippen LogP contribution in [0.1, 0.15) is 19.4 Å². The summed E-state index contributed by atoms with van der Waals surface area (Å²) in [6, 6.07) is 0. The maximum atomic E-state index is 12.3. The van der Waals surface area contributed by atoms with Gasteiger partial charge in [0.05, 0.1) is 24.8 Å². The lowest BCUT2D eigenvalue weighted by molar-refractivity contribution is -0.0352. The number of hydrogen-bond acceptors (Lipinski definition) is 4. The Kier molecular flexibility index (Phi) is 5.01. The summed E-state index contributed by atoms with van der Waals surface area (Å²) in [6.07, 6.45) is 0.342. The first-order valence-corrected chi connectivity index (χ1v) is 7.30. The molecule has 112 valence electrons. The summed E-state index contributed by atoms with van der Waals surface area (Å²) in [7, 11) is 0. The average molecular weight is 302 g/mol. The van der Waals surface area contributed by atoms with Crippen molar-refractivity contribution in [2.45, 2.75) is 32.9 Å². The van der Waals surface area contributed by atoms with E-state index < -0.39 is 5.69 Å². The van der Waals surface area contributed by atoms with Gasteiger partial charge in [0.15, 0.2) is 0 Å². The van der Waals surface area contributed by atoms with Crippen LogP contribution >= 0.6 is 11.6 Å². The number of nitrogens with one attached hydrogen (secondary N) is 1. The third-order valence-electron chi connectivity index (χ3n) is 3.64. The van der Waals surface area contributed by atoms with E-state index in [-0.39, 0.29) is 23.4 Å². The second kappa shape index (κ2) is 6.56. The molecule has 1 unspecified atom stereocenters. The largest absolute Gasteiger partial charge is 0.374 e. The molecule has 1 fully saturated rings. The number of aromatic amines is 1. The highest BCUT2D eigenvalue weighted by Crippen LogP contribution is 2.08. The van der Waals surface area contributed by atoms with Gasteiger partial charge in [0, 0.05) is 13.1 Å². The van der Waals surface area contributed by atoms with Crippen LogP contribution in [0.3, 0.4) is 0 Å². The number of morpholine rings is 1. The number of ether oxygens (including phenoxy) is 1. The van der Waals surface area contributed by atoms with E-state index in [2.05, 4.69) is 16.8 Å². The molecule has 2 rings (SSSR count). The molecule has 1 atom stereocenters. The van der Waals surface area contributed by atoms with E-state index in [4.69, 9.17) is 16.3 Å². The molecule has 0 aromatic carbocycles. The monoisotopic (exact) mass is 301 g/mol. The first-order valence-electron chi connectivity index (χ1n) is 6.92. The molecule has 0 saturated carbocycles. The van der Waals surface area contributed by atoms with Gasteiger partial charge >= 0.3 is 5.69 Å². The van der Waals surface area contributed by atoms with Crippen LogP contribution in [-0.4, -0.2) is 46.8 Å². The van der Waals surface area contributed by atoms with Crippen LogP contribution < -0.4 is 11.2 Å². The summed E-state index contributed by atoms with van der Waals surface area (Å²) in [5.41, 5.74) is -0.359. The topological polar surface area (TPSA) is 67.3 Å². The van der Waals surface area contributed by atoms with Crippen LogP contribution in [0, 0.1) is 0 Å². The Morgan fingerprint density at radius 1 is 1.40 bits per heavy atom. The summed E-state index contributed by atoms with van der Waals surface area (Å²) in [5, 5.41) is 0.137. The molecule has 1 N–H and O–H groups in total. The molecule has 2 heterocycles. The maximum absolute atomic E-state index is 12.3. The number of nitrogens with zero attached hydrogens (tertiary/aromatic N) is 2. The van der Waals surface area contributed by atoms with Gasteiger partial charge in [-0.15, -0.1) is 0 Å². The van der Waals surface area contributed by atoms with Crippen molar-refractivity contribution in [3.63, 3.8) is 0 Å². The van der Waals surface area contributed by atoms with Crippen molar-refractivity contribution in [3.8, 4) is 0 Å². The van der Waals surface area contributed by atoms with E-state index in [1.165, 1.54) is 4.57 Å². The summed E-state index contributed by atoms with van der Waals surface area (Å²) >= 11 is 5.89. The molecule has 0 radical (unpaired) electrons. The van der Waals surface area contributed by atoms with E-state index >= 15 is 0 Å². The lowest BCUT2D eigenvalue weighted by atomic mass is 10.2. The fourth-order valence-corrected chi connectivity index (χ4v) is 2.74. The smallest absolute Gasteiger partial charge is 0.329 e. The number of H-pyrrole nitrogens is 1. The standard InChI is InChI=1S/C13H20ClN3O3/c1-3-10-11(14)15-13(19)17(12(10)18)8-9-7-16(4-2)5-6-20-9/h9H,3-8H2,1-2H3,(H,15,19). The first kappa shape index (κ1) is 15.3. The first-order chi connectivity index (χ1) is 9.56. The molecule has 20 heavy (non-hydrogen) atoms. The predicted octanol–water partition coefficient (Wildman–Crippen LogP) is 0.473. The Balaban J connectivity index is 2.25. The van der Waals surface area contributed by atoms with Crippen LogP contribution in [0.15, 0.2) is 9.59 Å². The highest BCUT2D eigenvalue weighted by Gasteiger charge is 2.22. The van der Waals surface area contributed by atoms with Gasteiger partial charge in [-0.3, -0.25) is 19.2 Å². The number of aromatic nitrogens is 2. The Morgan fingerprint density at radius 2 is 2.15 bits per heavy atom. The zero-order valence-corrected chi connectivity index (χ0v) is 12.6. The summed E-state index contributed by atoms with van der Waals surface area (Å²) < 4.78 is 6.83.